The number of nitrogens with one attached hydrogen (secondary N) is 1. The molecule has 0 radical (unpaired) electrons. The van der Waals surface area contributed by atoms with Gasteiger partial charge in [-0.25, -0.2) is 0 Å². The Morgan fingerprint density at radius 2 is 2.05 bits per heavy atom. The van der Waals surface area contributed by atoms with Crippen molar-refractivity contribution in [3.63, 3.8) is 0 Å². The van der Waals surface area contributed by atoms with Crippen LogP contribution in [0.3, 0.4) is 0 Å². The molecule has 104 valence electrons. The van der Waals surface area contributed by atoms with Crippen LogP contribution in [0.4, 0.5) is 5.69 Å². The lowest BCUT2D eigenvalue weighted by atomic mass is 9.91. The van der Waals surface area contributed by atoms with Crippen molar-refractivity contribution in [2.45, 2.75) is 39.7 Å². The highest BCUT2D eigenvalue weighted by Gasteiger charge is 2.25. The number of para-hydroxylation sites is 1. The van der Waals surface area contributed by atoms with Crippen LogP contribution in [-0.2, 0) is 4.79 Å². The molecule has 1 unspecified atom stereocenters. The van der Waals surface area contributed by atoms with Gasteiger partial charge in [-0.2, -0.15) is 0 Å². The number of hydrogen-bond donors (Lipinski definition) is 1. The second-order valence-corrected chi connectivity index (χ2v) is 6.63. The minimum absolute atomic E-state index is 0.0368. The van der Waals surface area contributed by atoms with E-state index >= 15 is 0 Å². The van der Waals surface area contributed by atoms with Crippen molar-refractivity contribution in [3.05, 3.63) is 29.8 Å². The predicted octanol–water partition coefficient (Wildman–Crippen LogP) is 3.12. The minimum Gasteiger partial charge on any atom is -0.374 e. The minimum atomic E-state index is 0.0368. The maximum absolute atomic E-state index is 12.1. The van der Waals surface area contributed by atoms with E-state index in [1.807, 2.05) is 6.07 Å². The first-order valence-corrected chi connectivity index (χ1v) is 6.96. The van der Waals surface area contributed by atoms with Gasteiger partial charge in [0.25, 0.3) is 0 Å². The highest BCUT2D eigenvalue weighted by atomic mass is 16.1. The average Bonchev–Trinajstić information content (AvgIpc) is 2.31. The number of fused-ring (bicyclic) bond motifs is 1. The van der Waals surface area contributed by atoms with Crippen LogP contribution in [0, 0.1) is 5.41 Å². The van der Waals surface area contributed by atoms with Crippen molar-refractivity contribution >= 4 is 11.6 Å². The molecule has 0 saturated heterocycles. The first-order valence-electron chi connectivity index (χ1n) is 6.96. The summed E-state index contributed by atoms with van der Waals surface area (Å²) in [5.74, 6) is 0.150. The van der Waals surface area contributed by atoms with Crippen LogP contribution < -0.4 is 10.2 Å². The van der Waals surface area contributed by atoms with Crippen LogP contribution in [0.25, 0.3) is 0 Å². The first-order chi connectivity index (χ1) is 8.87. The second-order valence-electron chi connectivity index (χ2n) is 6.63. The Morgan fingerprint density at radius 3 is 2.74 bits per heavy atom. The van der Waals surface area contributed by atoms with Gasteiger partial charge in [0, 0.05) is 25.7 Å². The Balaban J connectivity index is 2.11. The van der Waals surface area contributed by atoms with Crippen LogP contribution in [-0.4, -0.2) is 19.5 Å². The van der Waals surface area contributed by atoms with E-state index < -0.39 is 0 Å². The smallest absolute Gasteiger partial charge is 0.221 e. The van der Waals surface area contributed by atoms with Crippen molar-refractivity contribution in [1.82, 2.24) is 5.32 Å². The lowest BCUT2D eigenvalue weighted by molar-refractivity contribution is -0.123. The summed E-state index contributed by atoms with van der Waals surface area (Å²) in [6.07, 6.45) is 1.55. The van der Waals surface area contributed by atoms with E-state index in [0.29, 0.717) is 6.42 Å². The normalized spacial score (nSPS) is 18.9. The monoisotopic (exact) mass is 260 g/mol. The van der Waals surface area contributed by atoms with Gasteiger partial charge in [-0.3, -0.25) is 4.79 Å². The van der Waals surface area contributed by atoms with Gasteiger partial charge in [0.05, 0.1) is 6.04 Å². The molecule has 0 saturated carbocycles. The fourth-order valence-electron chi connectivity index (χ4n) is 2.61. The number of anilines is 1. The van der Waals surface area contributed by atoms with E-state index in [4.69, 9.17) is 0 Å². The van der Waals surface area contributed by atoms with Crippen molar-refractivity contribution in [2.75, 3.05) is 18.5 Å². The van der Waals surface area contributed by atoms with Crippen LogP contribution in [0.1, 0.15) is 45.2 Å². The van der Waals surface area contributed by atoms with Crippen LogP contribution in [0.2, 0.25) is 0 Å². The Hall–Kier alpha value is -1.51. The quantitative estimate of drug-likeness (QED) is 0.886. The standard InChI is InChI=1S/C16H24N2O/c1-16(2,3)11-15(19)17-13-9-10-18(4)14-8-6-5-7-12(13)14/h5-8,13H,9-11H2,1-4H3,(H,17,19). The van der Waals surface area contributed by atoms with Gasteiger partial charge in [-0.15, -0.1) is 0 Å². The summed E-state index contributed by atoms with van der Waals surface area (Å²) < 4.78 is 0. The molecule has 1 aromatic carbocycles. The molecule has 1 aliphatic heterocycles. The van der Waals surface area contributed by atoms with Crippen LogP contribution in [0.5, 0.6) is 0 Å². The van der Waals surface area contributed by atoms with E-state index in [1.54, 1.807) is 0 Å². The Bertz CT molecular complexity index is 462. The summed E-state index contributed by atoms with van der Waals surface area (Å²) in [7, 11) is 2.10. The highest BCUT2D eigenvalue weighted by molar-refractivity contribution is 5.77. The van der Waals surface area contributed by atoms with Crippen LogP contribution in [0.15, 0.2) is 24.3 Å². The number of benzene rings is 1. The number of carbonyl (C=O) groups excluding carboxylic acids is 1. The fourth-order valence-corrected chi connectivity index (χ4v) is 2.61. The molecule has 3 heteroatoms. The number of amides is 1. The number of rotatable bonds is 2. The summed E-state index contributed by atoms with van der Waals surface area (Å²) in [5, 5.41) is 3.19. The molecule has 0 spiro atoms. The molecule has 1 atom stereocenters. The van der Waals surface area contributed by atoms with Gasteiger partial charge in [0.2, 0.25) is 5.91 Å². The van der Waals surface area contributed by atoms with Gasteiger partial charge < -0.3 is 10.2 Å². The maximum atomic E-state index is 12.1. The zero-order valence-corrected chi connectivity index (χ0v) is 12.4. The summed E-state index contributed by atoms with van der Waals surface area (Å²) in [4.78, 5) is 14.3. The molecule has 19 heavy (non-hydrogen) atoms. The molecular formula is C16H24N2O. The van der Waals surface area contributed by atoms with E-state index in [2.05, 4.69) is 56.2 Å². The fraction of sp³-hybridized carbons (Fsp3) is 0.562. The molecule has 2 rings (SSSR count). The summed E-state index contributed by atoms with van der Waals surface area (Å²) in [6.45, 7) is 7.26. The molecular weight excluding hydrogens is 236 g/mol. The van der Waals surface area contributed by atoms with Crippen molar-refractivity contribution in [2.24, 2.45) is 5.41 Å². The van der Waals surface area contributed by atoms with E-state index in [-0.39, 0.29) is 17.4 Å². The molecule has 0 fully saturated rings. The summed E-state index contributed by atoms with van der Waals surface area (Å²) in [6, 6.07) is 8.49. The number of carbonyl (C=O) groups is 1. The Labute approximate surface area is 116 Å². The molecule has 1 amide bonds. The zero-order valence-electron chi connectivity index (χ0n) is 12.4. The van der Waals surface area contributed by atoms with E-state index in [9.17, 15) is 4.79 Å². The third-order valence-corrected chi connectivity index (χ3v) is 3.50. The lowest BCUT2D eigenvalue weighted by Gasteiger charge is -2.34. The molecule has 0 bridgehead atoms. The molecule has 0 aromatic heterocycles. The van der Waals surface area contributed by atoms with E-state index in [0.717, 1.165) is 13.0 Å². The van der Waals surface area contributed by atoms with Crippen molar-refractivity contribution in [3.8, 4) is 0 Å². The Kier molecular flexibility index (Phi) is 3.83. The third kappa shape index (κ3) is 3.49. The lowest BCUT2D eigenvalue weighted by Crippen LogP contribution is -2.37. The SMILES string of the molecule is CN1CCC(NC(=O)CC(C)(C)C)c2ccccc21. The maximum Gasteiger partial charge on any atom is 0.221 e. The molecule has 0 aliphatic carbocycles. The average molecular weight is 260 g/mol. The predicted molar refractivity (Wildman–Crippen MR) is 79.3 cm³/mol. The molecule has 3 nitrogen and oxygen atoms in total. The first kappa shape index (κ1) is 13.9. The van der Waals surface area contributed by atoms with Crippen LogP contribution >= 0.6 is 0 Å². The Morgan fingerprint density at radius 1 is 1.37 bits per heavy atom. The van der Waals surface area contributed by atoms with Crippen molar-refractivity contribution < 1.29 is 4.79 Å². The molecule has 1 N–H and O–H groups in total. The van der Waals surface area contributed by atoms with Gasteiger partial charge >= 0.3 is 0 Å². The van der Waals surface area contributed by atoms with Gasteiger partial charge in [0.1, 0.15) is 0 Å². The summed E-state index contributed by atoms with van der Waals surface area (Å²) >= 11 is 0. The number of nitrogens with zero attached hydrogens (tertiary/aromatic N) is 1. The molecule has 1 aliphatic rings. The van der Waals surface area contributed by atoms with Crippen molar-refractivity contribution in [1.29, 1.82) is 0 Å². The highest BCUT2D eigenvalue weighted by Crippen LogP contribution is 2.32. The second kappa shape index (κ2) is 5.24. The third-order valence-electron chi connectivity index (χ3n) is 3.50. The number of hydrogen-bond acceptors (Lipinski definition) is 2. The summed E-state index contributed by atoms with van der Waals surface area (Å²) in [5.41, 5.74) is 2.50. The van der Waals surface area contributed by atoms with Gasteiger partial charge in [0.15, 0.2) is 0 Å². The van der Waals surface area contributed by atoms with E-state index in [1.165, 1.54) is 11.3 Å². The molecule has 1 heterocycles. The topological polar surface area (TPSA) is 32.3 Å². The largest absolute Gasteiger partial charge is 0.374 e. The van der Waals surface area contributed by atoms with Gasteiger partial charge in [-0.05, 0) is 23.5 Å². The molecule has 1 aromatic rings. The van der Waals surface area contributed by atoms with Gasteiger partial charge in [-0.1, -0.05) is 39.0 Å². The zero-order chi connectivity index (χ0) is 14.0.